The normalized spacial score (nSPS) is 15.3. The van der Waals surface area contributed by atoms with Crippen LogP contribution in [-0.4, -0.2) is 25.3 Å². The summed E-state index contributed by atoms with van der Waals surface area (Å²) in [6.07, 6.45) is 0. The van der Waals surface area contributed by atoms with E-state index in [0.29, 0.717) is 18.2 Å². The third-order valence-corrected chi connectivity index (χ3v) is 5.77. The van der Waals surface area contributed by atoms with E-state index in [1.807, 2.05) is 66.7 Å². The first-order valence-corrected chi connectivity index (χ1v) is 10.3. The van der Waals surface area contributed by atoms with Crippen molar-refractivity contribution in [2.24, 2.45) is 0 Å². The number of aromatic nitrogens is 1. The standard InChI is InChI=1S/C25H20ClNO4/c1-29-20-4-2-3-16(13-20)21-15-24(28)27-23-10-7-18(14-22(21)23)25(30-11-12-31-25)17-5-8-19(26)9-6-17/h2-10,13-15H,11-12H2,1H3,(H,27,28). The average molecular weight is 434 g/mol. The quantitative estimate of drug-likeness (QED) is 0.486. The number of ether oxygens (including phenoxy) is 3. The largest absolute Gasteiger partial charge is 0.497 e. The summed E-state index contributed by atoms with van der Waals surface area (Å²) in [6, 6.07) is 22.6. The van der Waals surface area contributed by atoms with Crippen LogP contribution in [0.1, 0.15) is 11.1 Å². The molecule has 31 heavy (non-hydrogen) atoms. The molecule has 5 nitrogen and oxygen atoms in total. The van der Waals surface area contributed by atoms with Gasteiger partial charge in [0.05, 0.1) is 20.3 Å². The van der Waals surface area contributed by atoms with E-state index in [1.54, 1.807) is 13.2 Å². The van der Waals surface area contributed by atoms with Crippen LogP contribution in [0.15, 0.2) is 77.6 Å². The fraction of sp³-hybridized carbons (Fsp3) is 0.160. The molecule has 1 aliphatic rings. The Kier molecular flexibility index (Phi) is 5.02. The lowest BCUT2D eigenvalue weighted by atomic mass is 9.93. The van der Waals surface area contributed by atoms with Gasteiger partial charge in [-0.25, -0.2) is 0 Å². The number of nitrogens with one attached hydrogen (secondary N) is 1. The third-order valence-electron chi connectivity index (χ3n) is 5.52. The molecule has 0 atom stereocenters. The summed E-state index contributed by atoms with van der Waals surface area (Å²) >= 11 is 6.09. The summed E-state index contributed by atoms with van der Waals surface area (Å²) in [5.41, 5.74) is 3.97. The summed E-state index contributed by atoms with van der Waals surface area (Å²) in [5.74, 6) is -0.303. The van der Waals surface area contributed by atoms with Crippen LogP contribution in [0.2, 0.25) is 5.02 Å². The molecule has 0 saturated carbocycles. The summed E-state index contributed by atoms with van der Waals surface area (Å²) in [6.45, 7) is 0.962. The van der Waals surface area contributed by atoms with E-state index in [9.17, 15) is 4.79 Å². The van der Waals surface area contributed by atoms with Gasteiger partial charge in [0, 0.05) is 33.1 Å². The van der Waals surface area contributed by atoms with Crippen molar-refractivity contribution in [1.82, 2.24) is 4.98 Å². The van der Waals surface area contributed by atoms with Gasteiger partial charge < -0.3 is 19.2 Å². The number of H-pyrrole nitrogens is 1. The molecule has 1 N–H and O–H groups in total. The molecule has 4 aromatic rings. The van der Waals surface area contributed by atoms with E-state index in [0.717, 1.165) is 38.9 Å². The Morgan fingerprint density at radius 1 is 0.935 bits per heavy atom. The molecule has 2 heterocycles. The Balaban J connectivity index is 1.73. The van der Waals surface area contributed by atoms with E-state index >= 15 is 0 Å². The van der Waals surface area contributed by atoms with E-state index < -0.39 is 5.79 Å². The second-order valence-corrected chi connectivity index (χ2v) is 7.80. The Bertz CT molecular complexity index is 1310. The maximum atomic E-state index is 12.3. The van der Waals surface area contributed by atoms with Crippen molar-refractivity contribution in [3.8, 4) is 16.9 Å². The summed E-state index contributed by atoms with van der Waals surface area (Å²) in [7, 11) is 1.62. The number of methoxy groups -OCH3 is 1. The van der Waals surface area contributed by atoms with Crippen LogP contribution in [0, 0.1) is 0 Å². The molecule has 1 saturated heterocycles. The van der Waals surface area contributed by atoms with Crippen molar-refractivity contribution in [2.45, 2.75) is 5.79 Å². The van der Waals surface area contributed by atoms with E-state index in [-0.39, 0.29) is 5.56 Å². The molecule has 0 spiro atoms. The number of fused-ring (bicyclic) bond motifs is 1. The molecule has 0 aliphatic carbocycles. The number of pyridine rings is 1. The highest BCUT2D eigenvalue weighted by Gasteiger charge is 2.40. The molecule has 156 valence electrons. The lowest BCUT2D eigenvalue weighted by Crippen LogP contribution is -2.28. The topological polar surface area (TPSA) is 60.6 Å². The van der Waals surface area contributed by atoms with E-state index in [4.69, 9.17) is 25.8 Å². The summed E-state index contributed by atoms with van der Waals surface area (Å²) < 4.78 is 17.7. The van der Waals surface area contributed by atoms with Gasteiger partial charge in [0.15, 0.2) is 0 Å². The molecule has 6 heteroatoms. The van der Waals surface area contributed by atoms with Crippen LogP contribution in [0.4, 0.5) is 0 Å². The second kappa shape index (κ2) is 7.85. The minimum atomic E-state index is -1.03. The lowest BCUT2D eigenvalue weighted by Gasteiger charge is -2.29. The molecule has 1 aliphatic heterocycles. The fourth-order valence-electron chi connectivity index (χ4n) is 4.07. The van der Waals surface area contributed by atoms with Gasteiger partial charge in [0.1, 0.15) is 5.75 Å². The SMILES string of the molecule is COc1cccc(-c2cc(=O)[nH]c3ccc(C4(c5ccc(Cl)cc5)OCCO4)cc23)c1. The molecule has 3 aromatic carbocycles. The van der Waals surface area contributed by atoms with Gasteiger partial charge in [0.2, 0.25) is 11.3 Å². The first kappa shape index (κ1) is 19.8. The number of benzene rings is 3. The Morgan fingerprint density at radius 2 is 1.68 bits per heavy atom. The van der Waals surface area contributed by atoms with Gasteiger partial charge in [0.25, 0.3) is 0 Å². The zero-order valence-corrected chi connectivity index (χ0v) is 17.6. The minimum Gasteiger partial charge on any atom is -0.497 e. The van der Waals surface area contributed by atoms with Crippen LogP contribution in [-0.2, 0) is 15.3 Å². The number of hydrogen-bond donors (Lipinski definition) is 1. The lowest BCUT2D eigenvalue weighted by molar-refractivity contribution is -0.129. The highest BCUT2D eigenvalue weighted by Crippen LogP contribution is 2.40. The predicted molar refractivity (Wildman–Crippen MR) is 121 cm³/mol. The van der Waals surface area contributed by atoms with Crippen LogP contribution in [0.5, 0.6) is 5.75 Å². The number of hydrogen-bond acceptors (Lipinski definition) is 4. The van der Waals surface area contributed by atoms with Crippen LogP contribution in [0.3, 0.4) is 0 Å². The molecule has 0 radical (unpaired) electrons. The first-order valence-electron chi connectivity index (χ1n) is 9.95. The Labute approximate surface area is 184 Å². The Hall–Kier alpha value is -3.12. The zero-order chi connectivity index (χ0) is 21.4. The van der Waals surface area contributed by atoms with Crippen molar-refractivity contribution < 1.29 is 14.2 Å². The van der Waals surface area contributed by atoms with E-state index in [2.05, 4.69) is 4.98 Å². The molecule has 1 aromatic heterocycles. The molecule has 0 bridgehead atoms. The molecular formula is C25H20ClNO4. The van der Waals surface area contributed by atoms with Crippen molar-refractivity contribution in [1.29, 1.82) is 0 Å². The maximum absolute atomic E-state index is 12.3. The highest BCUT2D eigenvalue weighted by atomic mass is 35.5. The maximum Gasteiger partial charge on any atom is 0.249 e. The molecular weight excluding hydrogens is 414 g/mol. The zero-order valence-electron chi connectivity index (χ0n) is 16.9. The van der Waals surface area contributed by atoms with Crippen LogP contribution < -0.4 is 10.3 Å². The molecule has 5 rings (SSSR count). The van der Waals surface area contributed by atoms with Crippen molar-refractivity contribution in [3.05, 3.63) is 99.3 Å². The van der Waals surface area contributed by atoms with Gasteiger partial charge in [-0.05, 0) is 47.5 Å². The second-order valence-electron chi connectivity index (χ2n) is 7.36. The molecule has 0 unspecified atom stereocenters. The van der Waals surface area contributed by atoms with Crippen molar-refractivity contribution in [2.75, 3.05) is 20.3 Å². The van der Waals surface area contributed by atoms with Gasteiger partial charge in [-0.2, -0.15) is 0 Å². The average Bonchev–Trinajstić information content (AvgIpc) is 3.30. The smallest absolute Gasteiger partial charge is 0.249 e. The highest BCUT2D eigenvalue weighted by molar-refractivity contribution is 6.30. The van der Waals surface area contributed by atoms with Crippen LogP contribution in [0.25, 0.3) is 22.0 Å². The van der Waals surface area contributed by atoms with Gasteiger partial charge >= 0.3 is 0 Å². The van der Waals surface area contributed by atoms with Gasteiger partial charge in [-0.3, -0.25) is 4.79 Å². The number of aromatic amines is 1. The van der Waals surface area contributed by atoms with Gasteiger partial charge in [-0.1, -0.05) is 41.9 Å². The van der Waals surface area contributed by atoms with Crippen LogP contribution >= 0.6 is 11.6 Å². The minimum absolute atomic E-state index is 0.168. The molecule has 1 fully saturated rings. The van der Waals surface area contributed by atoms with Gasteiger partial charge in [-0.15, -0.1) is 0 Å². The number of rotatable bonds is 4. The first-order chi connectivity index (χ1) is 15.1. The molecule has 0 amide bonds. The summed E-state index contributed by atoms with van der Waals surface area (Å²) in [4.78, 5) is 15.3. The predicted octanol–water partition coefficient (Wildman–Crippen LogP) is 5.11. The third kappa shape index (κ3) is 3.51. The fourth-order valence-corrected chi connectivity index (χ4v) is 4.20. The summed E-state index contributed by atoms with van der Waals surface area (Å²) in [5, 5.41) is 1.53. The Morgan fingerprint density at radius 3 is 2.42 bits per heavy atom. The van der Waals surface area contributed by atoms with Crippen molar-refractivity contribution in [3.63, 3.8) is 0 Å². The van der Waals surface area contributed by atoms with Crippen molar-refractivity contribution >= 4 is 22.5 Å². The van der Waals surface area contributed by atoms with E-state index in [1.165, 1.54) is 0 Å². The number of halogens is 1. The monoisotopic (exact) mass is 433 g/mol.